The van der Waals surface area contributed by atoms with Gasteiger partial charge in [-0.25, -0.2) is 0 Å². The second kappa shape index (κ2) is 9.59. The van der Waals surface area contributed by atoms with Gasteiger partial charge in [0.05, 0.1) is 5.71 Å². The summed E-state index contributed by atoms with van der Waals surface area (Å²) in [5, 5.41) is 0. The molecule has 0 fully saturated rings. The molecule has 0 unspecified atom stereocenters. The quantitative estimate of drug-likeness (QED) is 0.677. The first-order valence-corrected chi connectivity index (χ1v) is 7.53. The summed E-state index contributed by atoms with van der Waals surface area (Å²) in [6.07, 6.45) is 2.55. The van der Waals surface area contributed by atoms with E-state index in [9.17, 15) is 13.2 Å². The lowest BCUT2D eigenvalue weighted by atomic mass is 9.95. The SMILES string of the molecule is Cl.Cl.FC(F)(F)Oc1ccc(/C=C2\CCCN=C2c2cccnc2)cc1. The molecule has 2 heterocycles. The molecule has 0 amide bonds. The van der Waals surface area contributed by atoms with Gasteiger partial charge in [0.15, 0.2) is 0 Å². The molecule has 3 nitrogen and oxygen atoms in total. The molecule has 0 atom stereocenters. The van der Waals surface area contributed by atoms with Gasteiger partial charge in [-0.05, 0) is 54.3 Å². The standard InChI is InChI=1S/C18H15F3N2O.2ClH/c19-18(20,21)24-16-7-5-13(6-8-16)11-14-3-2-10-23-17(14)15-4-1-9-22-12-15;;/h1,4-9,11-12H,2-3,10H2;2*1H/b14-11+;;. The molecule has 8 heteroatoms. The van der Waals surface area contributed by atoms with Gasteiger partial charge in [-0.2, -0.15) is 0 Å². The Morgan fingerprint density at radius 1 is 1.04 bits per heavy atom. The van der Waals surface area contributed by atoms with Crippen LogP contribution in [0.25, 0.3) is 6.08 Å². The average molecular weight is 405 g/mol. The van der Waals surface area contributed by atoms with Crippen LogP contribution in [0.1, 0.15) is 24.0 Å². The van der Waals surface area contributed by atoms with Crippen molar-refractivity contribution in [3.63, 3.8) is 0 Å². The van der Waals surface area contributed by atoms with Crippen molar-refractivity contribution >= 4 is 36.6 Å². The molecular weight excluding hydrogens is 388 g/mol. The Kier molecular flexibility index (Phi) is 8.11. The Balaban J connectivity index is 0.00000169. The van der Waals surface area contributed by atoms with E-state index in [2.05, 4.69) is 14.7 Å². The monoisotopic (exact) mass is 404 g/mol. The number of benzene rings is 1. The molecule has 2 aromatic rings. The lowest BCUT2D eigenvalue weighted by Gasteiger charge is -2.16. The Morgan fingerprint density at radius 2 is 1.77 bits per heavy atom. The van der Waals surface area contributed by atoms with Gasteiger partial charge in [-0.3, -0.25) is 9.98 Å². The van der Waals surface area contributed by atoms with Gasteiger partial charge in [0, 0.05) is 24.5 Å². The first-order valence-electron chi connectivity index (χ1n) is 7.53. The molecule has 26 heavy (non-hydrogen) atoms. The molecule has 1 aliphatic rings. The number of aromatic nitrogens is 1. The van der Waals surface area contributed by atoms with Crippen molar-refractivity contribution in [1.29, 1.82) is 0 Å². The van der Waals surface area contributed by atoms with Gasteiger partial charge in [-0.15, -0.1) is 38.0 Å². The minimum absolute atomic E-state index is 0. The van der Waals surface area contributed by atoms with E-state index in [0.29, 0.717) is 0 Å². The summed E-state index contributed by atoms with van der Waals surface area (Å²) in [5.41, 5.74) is 3.70. The van der Waals surface area contributed by atoms with E-state index < -0.39 is 6.36 Å². The Bertz CT molecular complexity index is 760. The third kappa shape index (κ3) is 6.04. The molecule has 1 aliphatic heterocycles. The smallest absolute Gasteiger partial charge is 0.406 e. The van der Waals surface area contributed by atoms with Crippen LogP contribution in [0.2, 0.25) is 0 Å². The minimum atomic E-state index is -4.68. The Morgan fingerprint density at radius 3 is 2.38 bits per heavy atom. The van der Waals surface area contributed by atoms with E-state index in [-0.39, 0.29) is 30.6 Å². The van der Waals surface area contributed by atoms with E-state index in [4.69, 9.17) is 0 Å². The maximum absolute atomic E-state index is 12.2. The molecule has 0 aliphatic carbocycles. The molecule has 1 aromatic heterocycles. The van der Waals surface area contributed by atoms with Gasteiger partial charge in [0.1, 0.15) is 5.75 Å². The van der Waals surface area contributed by atoms with Crippen molar-refractivity contribution in [2.45, 2.75) is 19.2 Å². The number of pyridine rings is 1. The lowest BCUT2D eigenvalue weighted by Crippen LogP contribution is -2.17. The predicted molar refractivity (Wildman–Crippen MR) is 100 cm³/mol. The third-order valence-corrected chi connectivity index (χ3v) is 3.57. The highest BCUT2D eigenvalue weighted by atomic mass is 35.5. The maximum Gasteiger partial charge on any atom is 0.573 e. The van der Waals surface area contributed by atoms with Crippen LogP contribution >= 0.6 is 24.8 Å². The molecule has 1 aromatic carbocycles. The van der Waals surface area contributed by atoms with Gasteiger partial charge in [0.2, 0.25) is 0 Å². The summed E-state index contributed by atoms with van der Waals surface area (Å²) in [6, 6.07) is 9.62. The minimum Gasteiger partial charge on any atom is -0.406 e. The fourth-order valence-electron chi connectivity index (χ4n) is 2.57. The van der Waals surface area contributed by atoms with Crippen LogP contribution in [0.3, 0.4) is 0 Å². The second-order valence-corrected chi connectivity index (χ2v) is 5.36. The molecule has 0 radical (unpaired) electrons. The highest BCUT2D eigenvalue weighted by Gasteiger charge is 2.30. The van der Waals surface area contributed by atoms with Crippen molar-refractivity contribution < 1.29 is 17.9 Å². The topological polar surface area (TPSA) is 34.5 Å². The van der Waals surface area contributed by atoms with E-state index in [0.717, 1.165) is 41.8 Å². The molecule has 3 rings (SSSR count). The number of aliphatic imine (C=N–C) groups is 1. The summed E-state index contributed by atoms with van der Waals surface area (Å²) >= 11 is 0. The average Bonchev–Trinajstić information content (AvgIpc) is 2.57. The van der Waals surface area contributed by atoms with Crippen molar-refractivity contribution in [3.05, 3.63) is 65.5 Å². The molecule has 0 bridgehead atoms. The summed E-state index contributed by atoms with van der Waals surface area (Å²) in [7, 11) is 0. The highest BCUT2D eigenvalue weighted by Crippen LogP contribution is 2.25. The van der Waals surface area contributed by atoms with E-state index >= 15 is 0 Å². The fourth-order valence-corrected chi connectivity index (χ4v) is 2.57. The van der Waals surface area contributed by atoms with Gasteiger partial charge in [-0.1, -0.05) is 12.1 Å². The van der Waals surface area contributed by atoms with Crippen molar-refractivity contribution in [1.82, 2.24) is 4.98 Å². The fraction of sp³-hybridized carbons (Fsp3) is 0.222. The number of ether oxygens (including phenoxy) is 1. The number of hydrogen-bond donors (Lipinski definition) is 0. The van der Waals surface area contributed by atoms with Crippen LogP contribution in [0.15, 0.2) is 59.4 Å². The highest BCUT2D eigenvalue weighted by molar-refractivity contribution is 6.15. The normalized spacial score (nSPS) is 15.5. The van der Waals surface area contributed by atoms with Crippen molar-refractivity contribution in [2.75, 3.05) is 6.54 Å². The number of nitrogens with zero attached hydrogens (tertiary/aromatic N) is 2. The van der Waals surface area contributed by atoms with Crippen LogP contribution in [-0.2, 0) is 0 Å². The van der Waals surface area contributed by atoms with E-state index in [1.807, 2.05) is 18.2 Å². The van der Waals surface area contributed by atoms with Gasteiger partial charge < -0.3 is 4.74 Å². The first-order chi connectivity index (χ1) is 11.5. The first kappa shape index (κ1) is 22.0. The second-order valence-electron chi connectivity index (χ2n) is 5.36. The van der Waals surface area contributed by atoms with Crippen molar-refractivity contribution in [2.24, 2.45) is 4.99 Å². The molecule has 0 N–H and O–H groups in total. The summed E-state index contributed by atoms with van der Waals surface area (Å²) < 4.78 is 40.5. The van der Waals surface area contributed by atoms with Crippen LogP contribution in [-0.4, -0.2) is 23.6 Å². The Labute approximate surface area is 161 Å². The number of hydrogen-bond acceptors (Lipinski definition) is 3. The summed E-state index contributed by atoms with van der Waals surface area (Å²) in [4.78, 5) is 8.69. The van der Waals surface area contributed by atoms with Crippen LogP contribution in [0.5, 0.6) is 5.75 Å². The lowest BCUT2D eigenvalue weighted by molar-refractivity contribution is -0.274. The van der Waals surface area contributed by atoms with E-state index in [1.165, 1.54) is 12.1 Å². The molecule has 0 spiro atoms. The van der Waals surface area contributed by atoms with Crippen molar-refractivity contribution in [3.8, 4) is 5.75 Å². The predicted octanol–water partition coefficient (Wildman–Crippen LogP) is 5.49. The number of halogens is 5. The van der Waals surface area contributed by atoms with Gasteiger partial charge >= 0.3 is 6.36 Å². The van der Waals surface area contributed by atoms with Gasteiger partial charge in [0.25, 0.3) is 0 Å². The Hall–Kier alpha value is -2.05. The zero-order chi connectivity index (χ0) is 17.0. The summed E-state index contributed by atoms with van der Waals surface area (Å²) in [6.45, 7) is 0.764. The number of rotatable bonds is 3. The largest absolute Gasteiger partial charge is 0.573 e. The molecular formula is C18H17Cl2F3N2O. The molecule has 0 saturated heterocycles. The van der Waals surface area contributed by atoms with Crippen LogP contribution < -0.4 is 4.74 Å². The maximum atomic E-state index is 12.2. The zero-order valence-corrected chi connectivity index (χ0v) is 15.2. The molecule has 140 valence electrons. The van der Waals surface area contributed by atoms with E-state index in [1.54, 1.807) is 24.5 Å². The summed E-state index contributed by atoms with van der Waals surface area (Å²) in [5.74, 6) is -0.227. The number of allylic oxidation sites excluding steroid dienone is 1. The third-order valence-electron chi connectivity index (χ3n) is 3.57. The van der Waals surface area contributed by atoms with Crippen LogP contribution in [0.4, 0.5) is 13.2 Å². The zero-order valence-electron chi connectivity index (χ0n) is 13.6. The molecule has 0 saturated carbocycles. The number of alkyl halides is 3. The van der Waals surface area contributed by atoms with Crippen LogP contribution in [0, 0.1) is 0 Å².